The standard InChI is InChI=1S/C19H24N4O/c1-2-5-16(6-3-1)13-23-10-4-7-19(15-23)11-17(14-24-19)22-18-12-20-8-9-21-18/h1-3,5-6,8-9,12,17H,4,7,10-11,13-15H2,(H,21,22)/t17-,19-/m0/s1. The van der Waals surface area contributed by atoms with Gasteiger partial charge in [0.2, 0.25) is 0 Å². The summed E-state index contributed by atoms with van der Waals surface area (Å²) in [5.74, 6) is 0.833. The highest BCUT2D eigenvalue weighted by molar-refractivity contribution is 5.32. The summed E-state index contributed by atoms with van der Waals surface area (Å²) in [6.45, 7) is 3.92. The second-order valence-electron chi connectivity index (χ2n) is 6.93. The minimum atomic E-state index is -0.00704. The van der Waals surface area contributed by atoms with Crippen molar-refractivity contribution in [1.82, 2.24) is 14.9 Å². The maximum Gasteiger partial charge on any atom is 0.144 e. The van der Waals surface area contributed by atoms with Crippen molar-refractivity contribution < 1.29 is 4.74 Å². The Morgan fingerprint density at radius 2 is 2.17 bits per heavy atom. The fourth-order valence-electron chi connectivity index (χ4n) is 3.97. The molecule has 1 aromatic carbocycles. The van der Waals surface area contributed by atoms with Crippen molar-refractivity contribution in [2.45, 2.75) is 37.5 Å². The molecule has 24 heavy (non-hydrogen) atoms. The summed E-state index contributed by atoms with van der Waals surface area (Å²) >= 11 is 0. The number of nitrogens with one attached hydrogen (secondary N) is 1. The summed E-state index contributed by atoms with van der Waals surface area (Å²) in [7, 11) is 0. The van der Waals surface area contributed by atoms with Crippen molar-refractivity contribution in [2.75, 3.05) is 25.0 Å². The van der Waals surface area contributed by atoms with Crippen LogP contribution in [0.15, 0.2) is 48.9 Å². The van der Waals surface area contributed by atoms with Crippen molar-refractivity contribution in [3.05, 3.63) is 54.5 Å². The first kappa shape index (κ1) is 15.5. The quantitative estimate of drug-likeness (QED) is 0.937. The molecule has 0 amide bonds. The number of aromatic nitrogens is 2. The average Bonchev–Trinajstić information content (AvgIpc) is 2.98. The Morgan fingerprint density at radius 3 is 3.00 bits per heavy atom. The molecule has 0 radical (unpaired) electrons. The van der Waals surface area contributed by atoms with Crippen LogP contribution in [0.4, 0.5) is 5.82 Å². The van der Waals surface area contributed by atoms with Gasteiger partial charge in [0.25, 0.3) is 0 Å². The number of hydrogen-bond acceptors (Lipinski definition) is 5. The van der Waals surface area contributed by atoms with Crippen LogP contribution in [-0.4, -0.2) is 46.2 Å². The molecule has 126 valence electrons. The molecule has 3 heterocycles. The predicted octanol–water partition coefficient (Wildman–Crippen LogP) is 2.71. The lowest BCUT2D eigenvalue weighted by atomic mass is 9.88. The van der Waals surface area contributed by atoms with Gasteiger partial charge in [-0.05, 0) is 24.9 Å². The van der Waals surface area contributed by atoms with E-state index in [-0.39, 0.29) is 5.60 Å². The summed E-state index contributed by atoms with van der Waals surface area (Å²) < 4.78 is 6.28. The Hall–Kier alpha value is -1.98. The lowest BCUT2D eigenvalue weighted by molar-refractivity contribution is -0.0533. The zero-order valence-electron chi connectivity index (χ0n) is 13.9. The van der Waals surface area contributed by atoms with Crippen LogP contribution in [-0.2, 0) is 11.3 Å². The summed E-state index contributed by atoms with van der Waals surface area (Å²) in [4.78, 5) is 11.0. The molecule has 2 fully saturated rings. The van der Waals surface area contributed by atoms with Crippen molar-refractivity contribution in [3.63, 3.8) is 0 Å². The summed E-state index contributed by atoms with van der Waals surface area (Å²) in [5, 5.41) is 3.46. The van der Waals surface area contributed by atoms with E-state index in [1.54, 1.807) is 18.6 Å². The van der Waals surface area contributed by atoms with E-state index in [2.05, 4.69) is 50.5 Å². The molecule has 0 bridgehead atoms. The van der Waals surface area contributed by atoms with E-state index in [0.717, 1.165) is 44.9 Å². The molecule has 0 unspecified atom stereocenters. The highest BCUT2D eigenvalue weighted by atomic mass is 16.5. The smallest absolute Gasteiger partial charge is 0.144 e. The Bertz CT molecular complexity index is 651. The number of likely N-dealkylation sites (tertiary alicyclic amines) is 1. The topological polar surface area (TPSA) is 50.3 Å². The van der Waals surface area contributed by atoms with Gasteiger partial charge in [-0.3, -0.25) is 9.88 Å². The van der Waals surface area contributed by atoms with Crippen molar-refractivity contribution in [3.8, 4) is 0 Å². The molecule has 5 nitrogen and oxygen atoms in total. The first-order valence-electron chi connectivity index (χ1n) is 8.74. The molecular weight excluding hydrogens is 300 g/mol. The molecule has 2 atom stereocenters. The van der Waals surface area contributed by atoms with Gasteiger partial charge < -0.3 is 10.1 Å². The van der Waals surface area contributed by atoms with E-state index in [0.29, 0.717) is 6.04 Å². The highest BCUT2D eigenvalue weighted by Crippen LogP contribution is 2.36. The molecule has 4 rings (SSSR count). The molecule has 1 aromatic heterocycles. The van der Waals surface area contributed by atoms with Crippen LogP contribution in [0.2, 0.25) is 0 Å². The van der Waals surface area contributed by atoms with E-state index in [1.807, 2.05) is 0 Å². The second-order valence-corrected chi connectivity index (χ2v) is 6.93. The van der Waals surface area contributed by atoms with Crippen LogP contribution < -0.4 is 5.32 Å². The molecule has 2 saturated heterocycles. The van der Waals surface area contributed by atoms with Gasteiger partial charge in [0.05, 0.1) is 24.4 Å². The number of nitrogens with zero attached hydrogens (tertiary/aromatic N) is 3. The molecule has 5 heteroatoms. The van der Waals surface area contributed by atoms with Gasteiger partial charge in [0, 0.05) is 31.9 Å². The van der Waals surface area contributed by atoms with Crippen molar-refractivity contribution in [1.29, 1.82) is 0 Å². The number of rotatable bonds is 4. The maximum atomic E-state index is 6.28. The van der Waals surface area contributed by atoms with Crippen LogP contribution >= 0.6 is 0 Å². The Labute approximate surface area is 143 Å². The third-order valence-corrected chi connectivity index (χ3v) is 4.99. The van der Waals surface area contributed by atoms with Crippen LogP contribution in [0.5, 0.6) is 0 Å². The molecule has 2 aliphatic heterocycles. The van der Waals surface area contributed by atoms with Gasteiger partial charge in [-0.15, -0.1) is 0 Å². The van der Waals surface area contributed by atoms with Gasteiger partial charge in [0.15, 0.2) is 0 Å². The van der Waals surface area contributed by atoms with E-state index in [4.69, 9.17) is 4.74 Å². The molecular formula is C19H24N4O. The molecule has 2 aliphatic rings. The summed E-state index contributed by atoms with van der Waals surface area (Å²) in [6, 6.07) is 11.0. The van der Waals surface area contributed by atoms with Crippen molar-refractivity contribution >= 4 is 5.82 Å². The minimum Gasteiger partial charge on any atom is -0.371 e. The zero-order chi connectivity index (χ0) is 16.2. The third kappa shape index (κ3) is 3.57. The lowest BCUT2D eigenvalue weighted by Crippen LogP contribution is -2.47. The Morgan fingerprint density at radius 1 is 1.25 bits per heavy atom. The predicted molar refractivity (Wildman–Crippen MR) is 93.7 cm³/mol. The highest BCUT2D eigenvalue weighted by Gasteiger charge is 2.43. The molecule has 2 aromatic rings. The largest absolute Gasteiger partial charge is 0.371 e. The van der Waals surface area contributed by atoms with Crippen molar-refractivity contribution in [2.24, 2.45) is 0 Å². The van der Waals surface area contributed by atoms with Gasteiger partial charge in [-0.25, -0.2) is 4.98 Å². The monoisotopic (exact) mass is 324 g/mol. The fraction of sp³-hybridized carbons (Fsp3) is 0.474. The van der Waals surface area contributed by atoms with Crippen LogP contribution in [0, 0.1) is 0 Å². The summed E-state index contributed by atoms with van der Waals surface area (Å²) in [5.41, 5.74) is 1.37. The van der Waals surface area contributed by atoms with Gasteiger partial charge in [-0.2, -0.15) is 0 Å². The Kier molecular flexibility index (Phi) is 4.45. The maximum absolute atomic E-state index is 6.28. The van der Waals surface area contributed by atoms with Crippen LogP contribution in [0.1, 0.15) is 24.8 Å². The first-order valence-corrected chi connectivity index (χ1v) is 8.74. The van der Waals surface area contributed by atoms with Gasteiger partial charge in [0.1, 0.15) is 5.82 Å². The number of hydrogen-bond donors (Lipinski definition) is 1. The number of anilines is 1. The normalized spacial score (nSPS) is 27.4. The van der Waals surface area contributed by atoms with Gasteiger partial charge >= 0.3 is 0 Å². The minimum absolute atomic E-state index is 0.00704. The number of ether oxygens (including phenoxy) is 1. The lowest BCUT2D eigenvalue weighted by Gasteiger charge is -2.39. The van der Waals surface area contributed by atoms with E-state index < -0.39 is 0 Å². The van der Waals surface area contributed by atoms with E-state index in [9.17, 15) is 0 Å². The van der Waals surface area contributed by atoms with Crippen LogP contribution in [0.3, 0.4) is 0 Å². The molecule has 1 N–H and O–H groups in total. The molecule has 1 spiro atoms. The fourth-order valence-corrected chi connectivity index (χ4v) is 3.97. The average molecular weight is 324 g/mol. The van der Waals surface area contributed by atoms with E-state index in [1.165, 1.54) is 12.0 Å². The van der Waals surface area contributed by atoms with E-state index >= 15 is 0 Å². The van der Waals surface area contributed by atoms with Crippen LogP contribution in [0.25, 0.3) is 0 Å². The number of piperidine rings is 1. The Balaban J connectivity index is 1.37. The molecule has 0 saturated carbocycles. The molecule has 0 aliphatic carbocycles. The first-order chi connectivity index (χ1) is 11.8. The van der Waals surface area contributed by atoms with Gasteiger partial charge in [-0.1, -0.05) is 30.3 Å². The third-order valence-electron chi connectivity index (χ3n) is 4.99. The second kappa shape index (κ2) is 6.87. The SMILES string of the molecule is c1ccc(CN2CCC[C@]3(C[C@H](Nc4cnccn4)CO3)C2)cc1. The zero-order valence-corrected chi connectivity index (χ0v) is 13.9. The summed E-state index contributed by atoms with van der Waals surface area (Å²) in [6.07, 6.45) is 8.57. The number of benzene rings is 1.